The zero-order valence-electron chi connectivity index (χ0n) is 41.5. The predicted molar refractivity (Wildman–Crippen MR) is 258 cm³/mol. The molecule has 2 fully saturated rings. The van der Waals surface area contributed by atoms with E-state index in [1.54, 1.807) is 0 Å². The van der Waals surface area contributed by atoms with Gasteiger partial charge in [0.15, 0.2) is 12.6 Å². The first-order chi connectivity index (χ1) is 36.3. The summed E-state index contributed by atoms with van der Waals surface area (Å²) < 4.78 is 69.7. The maximum absolute atomic E-state index is 14.0. The Kier molecular flexibility index (Phi) is 27.1. The van der Waals surface area contributed by atoms with Crippen LogP contribution in [0.2, 0.25) is 0 Å². The van der Waals surface area contributed by atoms with Crippen LogP contribution in [0.15, 0.2) is 28.4 Å². The molecule has 3 aliphatic rings. The number of fused-ring (bicyclic) bond motifs is 1. The van der Waals surface area contributed by atoms with E-state index < -0.39 is 116 Å². The second kappa shape index (κ2) is 32.3. The van der Waals surface area contributed by atoms with Gasteiger partial charge in [0.05, 0.1) is 76.5 Å². The first-order valence-electron chi connectivity index (χ1n) is 24.7. The van der Waals surface area contributed by atoms with Crippen molar-refractivity contribution in [3.8, 4) is 5.75 Å². The Balaban J connectivity index is 1.21. The second-order valence-electron chi connectivity index (χ2n) is 18.0. The van der Waals surface area contributed by atoms with Crippen molar-refractivity contribution in [3.63, 3.8) is 0 Å². The third-order valence-corrected chi connectivity index (χ3v) is 13.8. The van der Waals surface area contributed by atoms with Crippen LogP contribution < -0.4 is 31.3 Å². The van der Waals surface area contributed by atoms with E-state index >= 15 is 0 Å². The first-order valence-corrected chi connectivity index (χ1v) is 25.8. The van der Waals surface area contributed by atoms with Crippen molar-refractivity contribution in [2.24, 2.45) is 10.2 Å². The highest BCUT2D eigenvalue weighted by atomic mass is 32.2. The number of aldehydes is 2. The molecule has 0 saturated carbocycles. The number of carbonyl (C=O) groups excluding carboxylic acids is 6. The molecule has 0 aliphatic carbocycles. The van der Waals surface area contributed by atoms with E-state index in [-0.39, 0.29) is 82.1 Å². The van der Waals surface area contributed by atoms with Crippen LogP contribution in [-0.2, 0) is 43.8 Å². The fraction of sp³-hybridized carbons (Fsp3) is 0.739. The van der Waals surface area contributed by atoms with E-state index in [0.29, 0.717) is 31.1 Å². The van der Waals surface area contributed by atoms with Crippen molar-refractivity contribution in [2.45, 2.75) is 135 Å². The second-order valence-corrected chi connectivity index (χ2v) is 19.3. The van der Waals surface area contributed by atoms with Gasteiger partial charge in [0.25, 0.3) is 5.91 Å². The van der Waals surface area contributed by atoms with Gasteiger partial charge in [-0.25, -0.2) is 4.79 Å². The fourth-order valence-electron chi connectivity index (χ4n) is 8.03. The van der Waals surface area contributed by atoms with Crippen LogP contribution in [-0.4, -0.2) is 234 Å². The molecule has 0 spiro atoms. The van der Waals surface area contributed by atoms with Crippen molar-refractivity contribution < 1.29 is 106 Å². The number of aliphatic hydroxyl groups excluding tert-OH is 8. The highest BCUT2D eigenvalue weighted by Gasteiger charge is 2.65. The van der Waals surface area contributed by atoms with Gasteiger partial charge in [0, 0.05) is 42.5 Å². The zero-order valence-corrected chi connectivity index (χ0v) is 42.3. The van der Waals surface area contributed by atoms with Crippen LogP contribution in [0.3, 0.4) is 0 Å². The summed E-state index contributed by atoms with van der Waals surface area (Å²) >= 11 is 1.85. The van der Waals surface area contributed by atoms with Gasteiger partial charge in [-0.1, -0.05) is 18.9 Å². The monoisotopic (exact) mass is 1110 g/mol. The van der Waals surface area contributed by atoms with Gasteiger partial charge in [-0.15, -0.1) is 10.2 Å². The van der Waals surface area contributed by atoms with Crippen LogP contribution in [0.5, 0.6) is 5.75 Å². The average Bonchev–Trinajstić information content (AvgIpc) is 4.06. The number of amides is 5. The van der Waals surface area contributed by atoms with E-state index in [2.05, 4.69) is 36.8 Å². The molecule has 430 valence electrons. The Labute approximate surface area is 439 Å². The summed E-state index contributed by atoms with van der Waals surface area (Å²) in [4.78, 5) is 72.3. The van der Waals surface area contributed by atoms with Crippen molar-refractivity contribution in [2.75, 3.05) is 78.3 Å². The number of hydrogen-bond acceptors (Lipinski definition) is 22. The molecule has 0 bridgehead atoms. The molecule has 2 saturated heterocycles. The molecular weight excluding hydrogens is 1040 g/mol. The number of rotatable bonds is 40. The maximum Gasteiger partial charge on any atom is 0.442 e. The van der Waals surface area contributed by atoms with Crippen molar-refractivity contribution in [3.05, 3.63) is 29.3 Å². The molecule has 26 nitrogen and oxygen atoms in total. The number of urea groups is 1. The lowest BCUT2D eigenvalue weighted by Gasteiger charge is -2.32. The Morgan fingerprint density at radius 1 is 0.776 bits per heavy atom. The summed E-state index contributed by atoms with van der Waals surface area (Å²) in [5.41, 5.74) is -3.89. The number of ether oxygens (including phenoxy) is 5. The molecule has 13 N–H and O–H groups in total. The maximum atomic E-state index is 14.0. The van der Waals surface area contributed by atoms with E-state index in [4.69, 9.17) is 23.7 Å². The summed E-state index contributed by atoms with van der Waals surface area (Å²) in [6, 6.07) is 1.39. The molecule has 0 aromatic heterocycles. The molecule has 4 rings (SSSR count). The van der Waals surface area contributed by atoms with Crippen molar-refractivity contribution in [1.29, 1.82) is 0 Å². The summed E-state index contributed by atoms with van der Waals surface area (Å²) in [5.74, 6) is -0.836. The number of aliphatic hydroxyl groups is 8. The first kappa shape index (κ1) is 63.8. The Morgan fingerprint density at radius 2 is 1.34 bits per heavy atom. The van der Waals surface area contributed by atoms with Gasteiger partial charge in [-0.05, 0) is 37.8 Å². The van der Waals surface area contributed by atoms with Crippen LogP contribution in [0.25, 0.3) is 0 Å². The summed E-state index contributed by atoms with van der Waals surface area (Å²) in [6.07, 6.45) is -16.0. The van der Waals surface area contributed by atoms with Crippen LogP contribution in [0.1, 0.15) is 67.3 Å². The van der Waals surface area contributed by atoms with Crippen molar-refractivity contribution >= 4 is 48.1 Å². The van der Waals surface area contributed by atoms with E-state index in [0.717, 1.165) is 56.1 Å². The number of alkyl halides is 3. The molecule has 1 aromatic rings. The van der Waals surface area contributed by atoms with Gasteiger partial charge in [-0.2, -0.15) is 24.9 Å². The molecule has 76 heavy (non-hydrogen) atoms. The number of carbonyl (C=O) groups is 6. The third-order valence-electron chi connectivity index (χ3n) is 12.3. The molecule has 5 amide bonds. The molecular formula is C46H70F3N7O19S. The highest BCUT2D eigenvalue weighted by molar-refractivity contribution is 8.00. The topological polar surface area (TPSA) is 395 Å². The van der Waals surface area contributed by atoms with Crippen LogP contribution in [0.4, 0.5) is 18.0 Å². The standard InChI is InChI=1S/C46H70F3N7O19S/c47-46(48,49)45(55-56-45)26-9-10-28(43(69)52-27(23-74-41(32(63)21-59)39(67)30(61)19-57)24-75-42(33(64)22-60)40(68)31(62)20-58)34(18-26)73-17-16-72-15-14-71-13-12-51-37(66)7-2-1-5-11-50-36(65)8-4-3-6-35-38-29(25-76-35)53-44(70)54-38/h9-10,18-20,27,29-33,35,38-42,59-64,67-68H,1-8,11-17,21-25H2,(H,50,65)(H,51,66)(H,52,69)(H2,53,54,70)/t29-,30-,31-,32+,33+,35-,38-,39+,40+,41+,42+/m0/s1. The lowest BCUT2D eigenvalue weighted by atomic mass is 10.00. The molecule has 0 radical (unpaired) electrons. The number of benzene rings is 1. The molecule has 11 atom stereocenters. The summed E-state index contributed by atoms with van der Waals surface area (Å²) in [7, 11) is 0. The Hall–Kier alpha value is -4.70. The zero-order chi connectivity index (χ0) is 55.8. The number of nitrogens with zero attached hydrogens (tertiary/aromatic N) is 2. The summed E-state index contributed by atoms with van der Waals surface area (Å²) in [5, 5.41) is 101. The molecule has 30 heteroatoms. The number of halogens is 3. The lowest BCUT2D eigenvalue weighted by Crippen LogP contribution is -2.52. The van der Waals surface area contributed by atoms with Crippen LogP contribution in [0, 0.1) is 0 Å². The Bertz CT molecular complexity index is 1990. The van der Waals surface area contributed by atoms with Crippen molar-refractivity contribution in [1.82, 2.24) is 26.6 Å². The van der Waals surface area contributed by atoms with E-state index in [9.17, 15) is 82.8 Å². The van der Waals surface area contributed by atoms with Gasteiger partial charge < -0.3 is 101 Å². The fourth-order valence-corrected chi connectivity index (χ4v) is 9.57. The van der Waals surface area contributed by atoms with Crippen LogP contribution >= 0.6 is 11.8 Å². The number of hydrogen-bond donors (Lipinski definition) is 13. The highest BCUT2D eigenvalue weighted by Crippen LogP contribution is 2.53. The summed E-state index contributed by atoms with van der Waals surface area (Å²) in [6.45, 7) is -3.35. The predicted octanol–water partition coefficient (Wildman–Crippen LogP) is -2.79. The number of thioether (sulfide) groups is 1. The van der Waals surface area contributed by atoms with Gasteiger partial charge in [-0.3, -0.25) is 14.4 Å². The third kappa shape index (κ3) is 19.6. The van der Waals surface area contributed by atoms with E-state index in [1.165, 1.54) is 0 Å². The van der Waals surface area contributed by atoms with E-state index in [1.807, 2.05) is 11.8 Å². The average molecular weight is 1110 g/mol. The molecule has 1 aromatic carbocycles. The SMILES string of the molecule is O=C[C@H](O)[C@@H](O)[C@H](OCC(CO[C@@H]([C@H](O)[C@@H](O)C=O)[C@H](O)CO)NC(=O)c1ccc(C2(C(F)(F)F)N=N2)cc1OCCOCCOCCNC(=O)CCCCCNC(=O)CCCC[C@@H]1SC[C@@H]2NC(=O)N[C@@H]21)[C@H](O)CO. The normalized spacial score (nSPS) is 20.7. The largest absolute Gasteiger partial charge is 0.490 e. The van der Waals surface area contributed by atoms with Gasteiger partial charge in [0.2, 0.25) is 11.8 Å². The number of nitrogens with one attached hydrogen (secondary N) is 5. The van der Waals surface area contributed by atoms with Gasteiger partial charge >= 0.3 is 17.9 Å². The molecule has 0 unspecified atom stereocenters. The van der Waals surface area contributed by atoms with Gasteiger partial charge in [0.1, 0.15) is 61.2 Å². The minimum absolute atomic E-state index is 0.0142. The minimum atomic E-state index is -4.98. The molecule has 3 aliphatic heterocycles. The quantitative estimate of drug-likeness (QED) is 0.0180. The Morgan fingerprint density at radius 3 is 1.91 bits per heavy atom. The molecule has 3 heterocycles. The number of unbranched alkanes of at least 4 members (excludes halogenated alkanes) is 3. The minimum Gasteiger partial charge on any atom is -0.490 e. The lowest BCUT2D eigenvalue weighted by molar-refractivity contribution is -0.166. The smallest absolute Gasteiger partial charge is 0.442 e.